The van der Waals surface area contributed by atoms with Crippen LogP contribution in [0, 0.1) is 0 Å². The predicted molar refractivity (Wildman–Crippen MR) is 124 cm³/mol. The van der Waals surface area contributed by atoms with Crippen LogP contribution in [0.15, 0.2) is 42.5 Å². The van der Waals surface area contributed by atoms with Crippen molar-refractivity contribution in [2.24, 2.45) is 0 Å². The molecular formula is C24H32N2O4S. The lowest BCUT2D eigenvalue weighted by Crippen LogP contribution is -2.48. The van der Waals surface area contributed by atoms with Gasteiger partial charge in [-0.2, -0.15) is 0 Å². The van der Waals surface area contributed by atoms with Crippen molar-refractivity contribution in [3.63, 3.8) is 0 Å². The second-order valence-corrected chi connectivity index (χ2v) is 10.00. The molecular weight excluding hydrogens is 412 g/mol. The molecule has 2 atom stereocenters. The molecule has 0 bridgehead atoms. The van der Waals surface area contributed by atoms with Gasteiger partial charge < -0.3 is 10.1 Å². The highest BCUT2D eigenvalue weighted by atomic mass is 32.2. The molecule has 0 spiro atoms. The van der Waals surface area contributed by atoms with Crippen LogP contribution in [0.4, 0.5) is 5.69 Å². The van der Waals surface area contributed by atoms with Crippen molar-refractivity contribution in [3.8, 4) is 5.75 Å². The maximum atomic E-state index is 13.1. The molecule has 1 aliphatic rings. The first-order valence-electron chi connectivity index (χ1n) is 10.8. The van der Waals surface area contributed by atoms with E-state index in [2.05, 4.69) is 23.5 Å². The van der Waals surface area contributed by atoms with E-state index in [9.17, 15) is 13.2 Å². The van der Waals surface area contributed by atoms with E-state index in [-0.39, 0.29) is 11.9 Å². The highest BCUT2D eigenvalue weighted by Gasteiger charge is 2.30. The summed E-state index contributed by atoms with van der Waals surface area (Å²) in [5, 5.41) is 3.06. The molecule has 0 aromatic heterocycles. The fraction of sp³-hybridized carbons (Fsp3) is 0.458. The van der Waals surface area contributed by atoms with Gasteiger partial charge in [0.25, 0.3) is 0 Å². The minimum Gasteiger partial charge on any atom is -0.497 e. The molecule has 0 aliphatic heterocycles. The number of anilines is 1. The lowest BCUT2D eigenvalue weighted by Gasteiger charge is -2.30. The summed E-state index contributed by atoms with van der Waals surface area (Å²) in [4.78, 5) is 13.1. The molecule has 1 amide bonds. The second kappa shape index (κ2) is 9.73. The van der Waals surface area contributed by atoms with Gasteiger partial charge in [0, 0.05) is 0 Å². The maximum absolute atomic E-state index is 13.1. The summed E-state index contributed by atoms with van der Waals surface area (Å²) in [5.74, 6) is 0.290. The van der Waals surface area contributed by atoms with Gasteiger partial charge in [0.1, 0.15) is 11.8 Å². The van der Waals surface area contributed by atoms with Gasteiger partial charge in [0.15, 0.2) is 0 Å². The Balaban J connectivity index is 1.81. The van der Waals surface area contributed by atoms with Crippen molar-refractivity contribution < 1.29 is 17.9 Å². The Morgan fingerprint density at radius 3 is 2.32 bits per heavy atom. The number of carbonyl (C=O) groups excluding carboxylic acids is 1. The zero-order valence-corrected chi connectivity index (χ0v) is 19.5. The molecule has 1 N–H and O–H groups in total. The van der Waals surface area contributed by atoms with E-state index in [4.69, 9.17) is 4.74 Å². The summed E-state index contributed by atoms with van der Waals surface area (Å²) in [6.07, 6.45) is 6.44. The molecule has 31 heavy (non-hydrogen) atoms. The van der Waals surface area contributed by atoms with E-state index in [0.29, 0.717) is 11.4 Å². The standard InChI is InChI=1S/C24H32N2O4S/c1-5-23(20-11-10-18-8-6-7-9-19(18)16-20)25-24(27)17(2)26(31(4,28)29)21-12-14-22(30-3)15-13-21/h10-17,23H,5-9H2,1-4H3,(H,25,27)/t17-,23-/m0/s1. The normalized spacial score (nSPS) is 15.5. The number of fused-ring (bicyclic) bond motifs is 1. The average molecular weight is 445 g/mol. The number of aryl methyl sites for hydroxylation is 2. The van der Waals surface area contributed by atoms with Gasteiger partial charge >= 0.3 is 0 Å². The summed E-state index contributed by atoms with van der Waals surface area (Å²) in [6.45, 7) is 3.63. The monoisotopic (exact) mass is 444 g/mol. The van der Waals surface area contributed by atoms with E-state index < -0.39 is 16.1 Å². The molecule has 0 saturated heterocycles. The zero-order valence-electron chi connectivity index (χ0n) is 18.7. The van der Waals surface area contributed by atoms with Crippen LogP contribution >= 0.6 is 0 Å². The molecule has 0 unspecified atom stereocenters. The van der Waals surface area contributed by atoms with Crippen molar-refractivity contribution >= 4 is 21.6 Å². The lowest BCUT2D eigenvalue weighted by molar-refractivity contribution is -0.122. The number of amides is 1. The summed E-state index contributed by atoms with van der Waals surface area (Å²) < 4.78 is 31.4. The summed E-state index contributed by atoms with van der Waals surface area (Å²) in [7, 11) is -2.12. The zero-order chi connectivity index (χ0) is 22.6. The Hall–Kier alpha value is -2.54. The molecule has 7 heteroatoms. The second-order valence-electron chi connectivity index (χ2n) is 8.14. The van der Waals surface area contributed by atoms with E-state index >= 15 is 0 Å². The highest BCUT2D eigenvalue weighted by molar-refractivity contribution is 7.92. The summed E-state index contributed by atoms with van der Waals surface area (Å²) in [6, 6.07) is 12.0. The molecule has 0 saturated carbocycles. The molecule has 1 aliphatic carbocycles. The Kier molecular flexibility index (Phi) is 7.26. The van der Waals surface area contributed by atoms with Crippen molar-refractivity contribution in [1.82, 2.24) is 5.32 Å². The van der Waals surface area contributed by atoms with Crippen LogP contribution < -0.4 is 14.4 Å². The maximum Gasteiger partial charge on any atom is 0.244 e. The Morgan fingerprint density at radius 2 is 1.74 bits per heavy atom. The Bertz CT molecular complexity index is 1020. The largest absolute Gasteiger partial charge is 0.497 e. The van der Waals surface area contributed by atoms with Crippen LogP contribution in [-0.2, 0) is 27.7 Å². The van der Waals surface area contributed by atoms with Gasteiger partial charge in [-0.3, -0.25) is 9.10 Å². The average Bonchev–Trinajstić information content (AvgIpc) is 2.76. The van der Waals surface area contributed by atoms with Crippen LogP contribution in [0.25, 0.3) is 0 Å². The highest BCUT2D eigenvalue weighted by Crippen LogP contribution is 2.27. The molecule has 2 aromatic rings. The number of hydrogen-bond acceptors (Lipinski definition) is 4. The quantitative estimate of drug-likeness (QED) is 0.668. The van der Waals surface area contributed by atoms with Crippen LogP contribution in [0.1, 0.15) is 55.8 Å². The third kappa shape index (κ3) is 5.39. The predicted octanol–water partition coefficient (Wildman–Crippen LogP) is 4.00. The van der Waals surface area contributed by atoms with Gasteiger partial charge in [0.2, 0.25) is 15.9 Å². The molecule has 168 valence electrons. The number of carbonyl (C=O) groups is 1. The molecule has 6 nitrogen and oxygen atoms in total. The third-order valence-electron chi connectivity index (χ3n) is 5.92. The van der Waals surface area contributed by atoms with Gasteiger partial charge in [-0.1, -0.05) is 25.1 Å². The molecule has 0 heterocycles. The number of hydrogen-bond donors (Lipinski definition) is 1. The number of sulfonamides is 1. The van der Waals surface area contributed by atoms with Crippen LogP contribution in [0.3, 0.4) is 0 Å². The Labute approximate surface area is 185 Å². The fourth-order valence-corrected chi connectivity index (χ4v) is 5.40. The topological polar surface area (TPSA) is 75.7 Å². The first-order chi connectivity index (χ1) is 14.7. The SMILES string of the molecule is CC[C@H](NC(=O)[C@H](C)N(c1ccc(OC)cc1)S(C)(=O)=O)c1ccc2c(c1)CCCC2. The molecule has 0 radical (unpaired) electrons. The smallest absolute Gasteiger partial charge is 0.244 e. The number of ether oxygens (including phenoxy) is 1. The third-order valence-corrected chi connectivity index (χ3v) is 7.16. The Morgan fingerprint density at radius 1 is 1.10 bits per heavy atom. The minimum absolute atomic E-state index is 0.167. The number of methoxy groups -OCH3 is 1. The first kappa shape index (κ1) is 23.1. The summed E-state index contributed by atoms with van der Waals surface area (Å²) in [5.41, 5.74) is 4.25. The number of rotatable bonds is 8. The van der Waals surface area contributed by atoms with E-state index in [1.54, 1.807) is 38.3 Å². The minimum atomic E-state index is -3.67. The van der Waals surface area contributed by atoms with Gasteiger partial charge in [-0.15, -0.1) is 0 Å². The van der Waals surface area contributed by atoms with Gasteiger partial charge in [-0.25, -0.2) is 8.42 Å². The van der Waals surface area contributed by atoms with Gasteiger partial charge in [-0.05, 0) is 80.0 Å². The first-order valence-corrected chi connectivity index (χ1v) is 12.6. The number of benzene rings is 2. The van der Waals surface area contributed by atoms with E-state index in [1.165, 1.54) is 24.0 Å². The van der Waals surface area contributed by atoms with Crippen LogP contribution in [0.5, 0.6) is 5.75 Å². The van der Waals surface area contributed by atoms with Crippen molar-refractivity contribution in [2.75, 3.05) is 17.7 Å². The lowest BCUT2D eigenvalue weighted by atomic mass is 9.88. The van der Waals surface area contributed by atoms with E-state index in [0.717, 1.165) is 35.4 Å². The molecule has 3 rings (SSSR count). The van der Waals surface area contributed by atoms with Gasteiger partial charge in [0.05, 0.1) is 25.1 Å². The van der Waals surface area contributed by atoms with Crippen molar-refractivity contribution in [2.45, 2.75) is 58.0 Å². The van der Waals surface area contributed by atoms with Crippen molar-refractivity contribution in [1.29, 1.82) is 0 Å². The van der Waals surface area contributed by atoms with Crippen LogP contribution in [-0.4, -0.2) is 33.7 Å². The van der Waals surface area contributed by atoms with E-state index in [1.807, 2.05) is 6.92 Å². The molecule has 0 fully saturated rings. The summed E-state index contributed by atoms with van der Waals surface area (Å²) >= 11 is 0. The number of nitrogens with one attached hydrogen (secondary N) is 1. The molecule has 2 aromatic carbocycles. The fourth-order valence-electron chi connectivity index (χ4n) is 4.22. The van der Waals surface area contributed by atoms with Crippen molar-refractivity contribution in [3.05, 3.63) is 59.2 Å². The van der Waals surface area contributed by atoms with Crippen LogP contribution in [0.2, 0.25) is 0 Å². The number of nitrogens with zero attached hydrogens (tertiary/aromatic N) is 1.